The lowest BCUT2D eigenvalue weighted by molar-refractivity contribution is -0.0773. The quantitative estimate of drug-likeness (QED) is 0.439. The van der Waals surface area contributed by atoms with Gasteiger partial charge in [-0.05, 0) is 117 Å². The SMILES string of the molecule is C/C=C(/CCC(C)[C@H]1CC[C@H]2C3=CC[C@H]4[C@H](C)[C@@H](O)CC[C@]4(C)[C@H]3CC[C@]12C)C(C)C. The van der Waals surface area contributed by atoms with Crippen molar-refractivity contribution in [2.24, 2.45) is 52.3 Å². The average Bonchev–Trinajstić information content (AvgIpc) is 3.08. The van der Waals surface area contributed by atoms with Crippen LogP contribution in [-0.4, -0.2) is 11.2 Å². The fourth-order valence-corrected chi connectivity index (χ4v) is 9.28. The second kappa shape index (κ2) is 8.66. The van der Waals surface area contributed by atoms with E-state index in [0.29, 0.717) is 28.6 Å². The number of aliphatic hydroxyl groups excluding tert-OH is 1. The molecule has 0 aromatic heterocycles. The van der Waals surface area contributed by atoms with Gasteiger partial charge in [0.1, 0.15) is 0 Å². The molecule has 0 bridgehead atoms. The third-order valence-electron chi connectivity index (χ3n) is 11.3. The number of allylic oxidation sites excluding steroid dienone is 4. The lowest BCUT2D eigenvalue weighted by Crippen LogP contribution is -2.52. The van der Waals surface area contributed by atoms with Crippen LogP contribution in [0.4, 0.5) is 0 Å². The van der Waals surface area contributed by atoms with Gasteiger partial charge in [0, 0.05) is 0 Å². The van der Waals surface area contributed by atoms with E-state index >= 15 is 0 Å². The van der Waals surface area contributed by atoms with Gasteiger partial charge in [-0.2, -0.15) is 0 Å². The zero-order valence-corrected chi connectivity index (χ0v) is 21.6. The molecule has 4 aliphatic carbocycles. The van der Waals surface area contributed by atoms with Crippen LogP contribution in [-0.2, 0) is 0 Å². The Morgan fingerprint density at radius 3 is 2.42 bits per heavy atom. The van der Waals surface area contributed by atoms with E-state index in [4.69, 9.17) is 0 Å². The van der Waals surface area contributed by atoms with Gasteiger partial charge in [-0.1, -0.05) is 64.8 Å². The molecule has 4 rings (SSSR count). The number of rotatable bonds is 5. The summed E-state index contributed by atoms with van der Waals surface area (Å²) in [6.07, 6.45) is 16.8. The van der Waals surface area contributed by atoms with Crippen molar-refractivity contribution in [3.05, 3.63) is 23.3 Å². The summed E-state index contributed by atoms with van der Waals surface area (Å²) in [5.74, 6) is 5.16. The molecule has 0 saturated heterocycles. The summed E-state index contributed by atoms with van der Waals surface area (Å²) < 4.78 is 0. The lowest BCUT2D eigenvalue weighted by Gasteiger charge is -2.59. The Kier molecular flexibility index (Phi) is 6.59. The average molecular weight is 427 g/mol. The van der Waals surface area contributed by atoms with E-state index in [9.17, 15) is 5.11 Å². The van der Waals surface area contributed by atoms with Crippen molar-refractivity contribution >= 4 is 0 Å². The molecular formula is C30H50O. The Hall–Kier alpha value is -0.560. The van der Waals surface area contributed by atoms with E-state index in [1.165, 1.54) is 51.4 Å². The van der Waals surface area contributed by atoms with Gasteiger partial charge in [-0.15, -0.1) is 0 Å². The van der Waals surface area contributed by atoms with Crippen molar-refractivity contribution in [3.63, 3.8) is 0 Å². The minimum absolute atomic E-state index is 0.0773. The molecule has 1 nitrogen and oxygen atoms in total. The molecular weight excluding hydrogens is 376 g/mol. The molecule has 0 aromatic carbocycles. The molecule has 1 N–H and O–H groups in total. The van der Waals surface area contributed by atoms with Crippen LogP contribution in [0.5, 0.6) is 0 Å². The first-order valence-corrected chi connectivity index (χ1v) is 13.7. The fraction of sp³-hybridized carbons (Fsp3) is 0.867. The van der Waals surface area contributed by atoms with Crippen LogP contribution in [0.2, 0.25) is 0 Å². The minimum Gasteiger partial charge on any atom is -0.393 e. The van der Waals surface area contributed by atoms with Gasteiger partial charge in [0.15, 0.2) is 0 Å². The highest BCUT2D eigenvalue weighted by Gasteiger charge is 2.59. The largest absolute Gasteiger partial charge is 0.393 e. The molecule has 0 spiro atoms. The second-order valence-electron chi connectivity index (χ2n) is 12.9. The van der Waals surface area contributed by atoms with Crippen molar-refractivity contribution < 1.29 is 5.11 Å². The Balaban J connectivity index is 1.51. The monoisotopic (exact) mass is 426 g/mol. The number of aliphatic hydroxyl groups is 1. The lowest BCUT2D eigenvalue weighted by atomic mass is 9.46. The molecule has 0 amide bonds. The zero-order valence-electron chi connectivity index (χ0n) is 21.6. The zero-order chi connectivity index (χ0) is 22.6. The summed E-state index contributed by atoms with van der Waals surface area (Å²) in [6, 6.07) is 0. The number of fused-ring (bicyclic) bond motifs is 5. The summed E-state index contributed by atoms with van der Waals surface area (Å²) in [7, 11) is 0. The predicted molar refractivity (Wildman–Crippen MR) is 133 cm³/mol. The third kappa shape index (κ3) is 3.79. The normalized spacial score (nSPS) is 46.2. The van der Waals surface area contributed by atoms with Gasteiger partial charge in [0.25, 0.3) is 0 Å². The van der Waals surface area contributed by atoms with Crippen molar-refractivity contribution in [1.82, 2.24) is 0 Å². The highest BCUT2D eigenvalue weighted by molar-refractivity contribution is 5.28. The van der Waals surface area contributed by atoms with Crippen LogP contribution >= 0.6 is 0 Å². The van der Waals surface area contributed by atoms with Crippen molar-refractivity contribution in [1.29, 1.82) is 0 Å². The molecule has 3 saturated carbocycles. The molecule has 3 fully saturated rings. The molecule has 176 valence electrons. The fourth-order valence-electron chi connectivity index (χ4n) is 9.28. The van der Waals surface area contributed by atoms with E-state index in [-0.39, 0.29) is 6.10 Å². The van der Waals surface area contributed by atoms with E-state index in [1.807, 2.05) is 5.57 Å². The Morgan fingerprint density at radius 1 is 1.06 bits per heavy atom. The van der Waals surface area contributed by atoms with Crippen molar-refractivity contribution in [3.8, 4) is 0 Å². The van der Waals surface area contributed by atoms with Gasteiger partial charge in [-0.25, -0.2) is 0 Å². The summed E-state index contributed by atoms with van der Waals surface area (Å²) in [5.41, 5.74) is 4.45. The Morgan fingerprint density at radius 2 is 1.74 bits per heavy atom. The van der Waals surface area contributed by atoms with Crippen molar-refractivity contribution in [2.75, 3.05) is 0 Å². The molecule has 1 heteroatoms. The van der Waals surface area contributed by atoms with Crippen molar-refractivity contribution in [2.45, 2.75) is 112 Å². The van der Waals surface area contributed by atoms with Crippen LogP contribution in [0.1, 0.15) is 106 Å². The Bertz CT molecular complexity index is 716. The predicted octanol–water partition coefficient (Wildman–Crippen LogP) is 8.19. The summed E-state index contributed by atoms with van der Waals surface area (Å²) in [5, 5.41) is 10.5. The van der Waals surface area contributed by atoms with Crippen LogP contribution < -0.4 is 0 Å². The number of hydrogen-bond acceptors (Lipinski definition) is 1. The summed E-state index contributed by atoms with van der Waals surface area (Å²) in [4.78, 5) is 0. The second-order valence-corrected chi connectivity index (χ2v) is 12.9. The van der Waals surface area contributed by atoms with E-state index < -0.39 is 0 Å². The minimum atomic E-state index is -0.0773. The number of hydrogen-bond donors (Lipinski definition) is 1. The van der Waals surface area contributed by atoms with Gasteiger partial charge in [0.05, 0.1) is 6.10 Å². The van der Waals surface area contributed by atoms with Crippen LogP contribution in [0.25, 0.3) is 0 Å². The van der Waals surface area contributed by atoms with Gasteiger partial charge in [-0.3, -0.25) is 0 Å². The molecule has 4 aliphatic rings. The molecule has 1 unspecified atom stereocenters. The summed E-state index contributed by atoms with van der Waals surface area (Å²) >= 11 is 0. The smallest absolute Gasteiger partial charge is 0.0568 e. The molecule has 0 aromatic rings. The van der Waals surface area contributed by atoms with Crippen LogP contribution in [0.15, 0.2) is 23.3 Å². The maximum atomic E-state index is 10.5. The molecule has 0 heterocycles. The maximum Gasteiger partial charge on any atom is 0.0568 e. The van der Waals surface area contributed by atoms with E-state index in [0.717, 1.165) is 30.1 Å². The van der Waals surface area contributed by atoms with E-state index in [2.05, 4.69) is 60.6 Å². The van der Waals surface area contributed by atoms with Gasteiger partial charge < -0.3 is 5.11 Å². The van der Waals surface area contributed by atoms with E-state index in [1.54, 1.807) is 5.57 Å². The first-order valence-electron chi connectivity index (χ1n) is 13.7. The maximum absolute atomic E-state index is 10.5. The Labute approximate surface area is 193 Å². The standard InChI is InChI=1S/C30H50O/c1-8-22(19(2)3)10-9-20(4)24-13-14-26-23-11-12-25-21(5)28(31)16-18-30(25,7)27(23)15-17-29(24,26)6/h8,11,19-21,24-28,31H,9-10,12-18H2,1-7H3/b22-8-/t20?,21-,24+,25-,26-,27-,28-,29+,30-/m0/s1. The first-order chi connectivity index (χ1) is 14.6. The molecule has 31 heavy (non-hydrogen) atoms. The molecule has 9 atom stereocenters. The molecule has 0 aliphatic heterocycles. The first kappa shape index (κ1) is 23.6. The topological polar surface area (TPSA) is 20.2 Å². The highest BCUT2D eigenvalue weighted by Crippen LogP contribution is 2.67. The third-order valence-corrected chi connectivity index (χ3v) is 11.3. The molecule has 0 radical (unpaired) electrons. The van der Waals surface area contributed by atoms with Crippen LogP contribution in [0.3, 0.4) is 0 Å². The summed E-state index contributed by atoms with van der Waals surface area (Å²) in [6.45, 7) is 17.1. The van der Waals surface area contributed by atoms with Gasteiger partial charge in [0.2, 0.25) is 0 Å². The highest BCUT2D eigenvalue weighted by atomic mass is 16.3. The van der Waals surface area contributed by atoms with Crippen LogP contribution in [0, 0.1) is 52.3 Å². The van der Waals surface area contributed by atoms with Gasteiger partial charge >= 0.3 is 0 Å².